The van der Waals surface area contributed by atoms with E-state index < -0.39 is 53.0 Å². The number of nitrogens with zero attached hydrogens (tertiary/aromatic N) is 6. The first-order valence-corrected chi connectivity index (χ1v) is 29.7. The molecule has 0 spiro atoms. The van der Waals surface area contributed by atoms with Gasteiger partial charge in [-0.25, -0.2) is 18.4 Å². The SMILES string of the molecule is CC(C)(C)C[C@@H]1N[C@@H](C(=O)N[C@H]2CC[C@H](CN(CCCC#Cc3ccc4c(N5CCC(=O)NC5=O)cncc4c3)CCCC#Cc3ccc4c(N5CCC(=O)NC5=O)cncc4c3)CC2)[C@H](c2cccc(Cl)c2F)[C@@]1(C#N)c1ccc(Cl)cc1F. The summed E-state index contributed by atoms with van der Waals surface area (Å²) in [5.74, 6) is 10.0. The summed E-state index contributed by atoms with van der Waals surface area (Å²) in [7, 11) is 0. The summed E-state index contributed by atoms with van der Waals surface area (Å²) in [4.78, 5) is 78.0. The highest BCUT2D eigenvalue weighted by Gasteiger charge is 2.61. The quantitative estimate of drug-likeness (QED) is 0.0568. The number of rotatable bonds is 15. The van der Waals surface area contributed by atoms with Gasteiger partial charge in [-0.05, 0) is 117 Å². The third-order valence-electron chi connectivity index (χ3n) is 16.6. The Bertz CT molecular complexity index is 3620. The number of urea groups is 2. The van der Waals surface area contributed by atoms with Gasteiger partial charge < -0.3 is 15.5 Å². The molecule has 85 heavy (non-hydrogen) atoms. The average molecular weight is 1190 g/mol. The van der Waals surface area contributed by atoms with Crippen molar-refractivity contribution in [1.82, 2.24) is 36.1 Å². The Kier molecular flexibility index (Phi) is 18.5. The van der Waals surface area contributed by atoms with Gasteiger partial charge in [0.1, 0.15) is 17.0 Å². The number of amides is 7. The highest BCUT2D eigenvalue weighted by Crippen LogP contribution is 2.53. The van der Waals surface area contributed by atoms with Crippen LogP contribution in [-0.2, 0) is 19.8 Å². The average Bonchev–Trinajstić information content (AvgIpc) is 1.87. The summed E-state index contributed by atoms with van der Waals surface area (Å²) >= 11 is 12.6. The van der Waals surface area contributed by atoms with Crippen molar-refractivity contribution >= 4 is 85.9 Å². The fraction of sp³-hybridized carbons (Fsp3) is 0.394. The van der Waals surface area contributed by atoms with Crippen molar-refractivity contribution in [2.45, 2.75) is 121 Å². The normalized spacial score (nSPS) is 21.7. The second-order valence-corrected chi connectivity index (χ2v) is 24.6. The number of nitrogens with one attached hydrogen (secondary N) is 4. The highest BCUT2D eigenvalue weighted by molar-refractivity contribution is 6.31. The van der Waals surface area contributed by atoms with Gasteiger partial charge in [0.05, 0.1) is 40.9 Å². The van der Waals surface area contributed by atoms with Crippen LogP contribution in [0.1, 0.15) is 120 Å². The Morgan fingerprint density at radius 2 is 1.35 bits per heavy atom. The molecule has 1 aliphatic carbocycles. The molecule has 1 saturated carbocycles. The summed E-state index contributed by atoms with van der Waals surface area (Å²) in [6, 6.07) is 19.7. The highest BCUT2D eigenvalue weighted by atomic mass is 35.5. The molecule has 10 rings (SSSR count). The van der Waals surface area contributed by atoms with E-state index in [2.05, 4.69) is 65.9 Å². The van der Waals surface area contributed by atoms with Crippen LogP contribution in [0.2, 0.25) is 10.0 Å². The molecule has 5 heterocycles. The van der Waals surface area contributed by atoms with Gasteiger partial charge in [0.2, 0.25) is 17.7 Å². The Labute approximate surface area is 503 Å². The number of fused-ring (bicyclic) bond motifs is 2. The number of benzene rings is 4. The maximum absolute atomic E-state index is 16.4. The largest absolute Gasteiger partial charge is 0.352 e. The van der Waals surface area contributed by atoms with Gasteiger partial charge in [-0.2, -0.15) is 5.26 Å². The Balaban J connectivity index is 0.814. The van der Waals surface area contributed by atoms with Gasteiger partial charge in [-0.15, -0.1) is 0 Å². The first-order chi connectivity index (χ1) is 40.9. The molecular weight excluding hydrogens is 1120 g/mol. The number of hydrogen-bond acceptors (Lipinski definition) is 10. The lowest BCUT2D eigenvalue weighted by atomic mass is 9.62. The second kappa shape index (κ2) is 26.1. The summed E-state index contributed by atoms with van der Waals surface area (Å²) in [6.45, 7) is 8.98. The lowest BCUT2D eigenvalue weighted by molar-refractivity contribution is -0.124. The number of carbonyl (C=O) groups is 5. The lowest BCUT2D eigenvalue weighted by Gasteiger charge is -2.37. The Morgan fingerprint density at radius 3 is 1.88 bits per heavy atom. The number of hydrogen-bond donors (Lipinski definition) is 4. The Hall–Kier alpha value is -7.98. The van der Waals surface area contributed by atoms with E-state index in [0.717, 1.165) is 84.1 Å². The minimum atomic E-state index is -1.73. The van der Waals surface area contributed by atoms with E-state index in [9.17, 15) is 29.2 Å². The van der Waals surface area contributed by atoms with Crippen LogP contribution in [0.25, 0.3) is 21.5 Å². The molecule has 4 aliphatic rings. The van der Waals surface area contributed by atoms with Crippen molar-refractivity contribution in [1.29, 1.82) is 5.26 Å². The van der Waals surface area contributed by atoms with Crippen LogP contribution in [0.15, 0.2) is 97.6 Å². The van der Waals surface area contributed by atoms with Crippen LogP contribution in [0.4, 0.5) is 29.7 Å². The molecule has 19 heteroatoms. The third kappa shape index (κ3) is 13.6. The molecule has 0 radical (unpaired) electrons. The molecular formula is C66H66Cl2F2N10O5. The van der Waals surface area contributed by atoms with Crippen molar-refractivity contribution in [2.75, 3.05) is 42.5 Å². The summed E-state index contributed by atoms with van der Waals surface area (Å²) in [5.41, 5.74) is 0.853. The molecule has 3 saturated heterocycles. The minimum Gasteiger partial charge on any atom is -0.352 e. The van der Waals surface area contributed by atoms with Crippen LogP contribution in [0.5, 0.6) is 0 Å². The molecule has 0 unspecified atom stereocenters. The summed E-state index contributed by atoms with van der Waals surface area (Å²) in [5, 5.41) is 26.1. The van der Waals surface area contributed by atoms with E-state index in [0.29, 0.717) is 49.4 Å². The molecule has 15 nitrogen and oxygen atoms in total. The van der Waals surface area contributed by atoms with Crippen LogP contribution in [-0.4, -0.2) is 95.5 Å². The molecule has 4 fully saturated rings. The summed E-state index contributed by atoms with van der Waals surface area (Å²) in [6.07, 6.45) is 13.5. The van der Waals surface area contributed by atoms with Crippen LogP contribution >= 0.6 is 23.2 Å². The second-order valence-electron chi connectivity index (χ2n) is 23.7. The number of pyridine rings is 2. The molecule has 2 aromatic heterocycles. The predicted molar refractivity (Wildman–Crippen MR) is 325 cm³/mol. The molecule has 438 valence electrons. The van der Waals surface area contributed by atoms with Crippen LogP contribution in [0, 0.1) is 58.0 Å². The van der Waals surface area contributed by atoms with E-state index >= 15 is 8.78 Å². The van der Waals surface area contributed by atoms with Gasteiger partial charge in [0, 0.05) is 119 Å². The molecule has 7 amide bonds. The maximum Gasteiger partial charge on any atom is 0.328 e. The number of unbranched alkanes of at least 4 members (excludes halogenated alkanes) is 2. The number of aromatic nitrogens is 2. The predicted octanol–water partition coefficient (Wildman–Crippen LogP) is 11.2. The van der Waals surface area contributed by atoms with Gasteiger partial charge in [-0.3, -0.25) is 44.8 Å². The first-order valence-electron chi connectivity index (χ1n) is 28.9. The van der Waals surface area contributed by atoms with E-state index in [1.54, 1.807) is 30.9 Å². The van der Waals surface area contributed by atoms with Crippen molar-refractivity contribution in [3.8, 4) is 29.8 Å². The topological polar surface area (TPSA) is 193 Å². The maximum atomic E-state index is 16.4. The fourth-order valence-corrected chi connectivity index (χ4v) is 12.9. The molecule has 4 atom stereocenters. The van der Waals surface area contributed by atoms with Crippen molar-refractivity contribution in [2.24, 2.45) is 11.3 Å². The Morgan fingerprint density at radius 1 is 0.776 bits per heavy atom. The van der Waals surface area contributed by atoms with Crippen molar-refractivity contribution < 1.29 is 32.8 Å². The van der Waals surface area contributed by atoms with E-state index in [1.807, 2.05) is 57.2 Å². The smallest absolute Gasteiger partial charge is 0.328 e. The fourth-order valence-electron chi connectivity index (χ4n) is 12.6. The van der Waals surface area contributed by atoms with Gasteiger partial charge >= 0.3 is 12.1 Å². The standard InChI is InChI=1S/C66H66Cl2F2N10O5/c1-65(2,3)34-56-66(40-71,51-24-19-46(67)33-53(51)69)59(50-13-10-14-52(68)60(50)70)61(75-56)62(83)74-47-20-15-43(16-21-47)39-78(27-8-4-6-11-41-17-22-48-44(31-41)35-72-37-54(48)79-29-25-57(81)76-63(79)84)28-9-5-7-12-42-18-23-49-45(32-42)36-73-38-55(49)80-30-26-58(82)77-64(80)85/h10,13-14,17-19,22-24,31-33,35-38,43,47,56,59,61,75H,4-5,8-9,15-16,20-21,25-30,34,39H2,1-3H3,(H,74,83)(H,76,81,84)(H,77,82,85)/t43-,47-,56-,59-,61+,66-/m0/s1. The molecule has 4 aromatic carbocycles. The zero-order valence-corrected chi connectivity index (χ0v) is 49.2. The third-order valence-corrected chi connectivity index (χ3v) is 17.2. The monoisotopic (exact) mass is 1190 g/mol. The van der Waals surface area contributed by atoms with Crippen molar-refractivity contribution in [3.63, 3.8) is 0 Å². The van der Waals surface area contributed by atoms with Crippen molar-refractivity contribution in [3.05, 3.63) is 142 Å². The van der Waals surface area contributed by atoms with E-state index in [-0.39, 0.29) is 70.4 Å². The molecule has 3 aliphatic heterocycles. The van der Waals surface area contributed by atoms with Gasteiger partial charge in [0.15, 0.2) is 0 Å². The number of anilines is 2. The molecule has 6 aromatic rings. The zero-order chi connectivity index (χ0) is 60.0. The first kappa shape index (κ1) is 60.2. The number of halogens is 4. The van der Waals surface area contributed by atoms with E-state index in [1.165, 1.54) is 34.1 Å². The van der Waals surface area contributed by atoms with Crippen LogP contribution < -0.4 is 31.1 Å². The lowest BCUT2D eigenvalue weighted by Crippen LogP contribution is -2.49. The van der Waals surface area contributed by atoms with Crippen LogP contribution in [0.3, 0.4) is 0 Å². The zero-order valence-electron chi connectivity index (χ0n) is 47.7. The molecule has 4 N–H and O–H groups in total. The number of carbonyl (C=O) groups excluding carboxylic acids is 5. The number of nitriles is 1. The van der Waals surface area contributed by atoms with E-state index in [4.69, 9.17) is 23.2 Å². The van der Waals surface area contributed by atoms with Gasteiger partial charge in [-0.1, -0.05) is 98.0 Å². The minimum absolute atomic E-state index is 0.0274. The molecule has 0 bridgehead atoms. The summed E-state index contributed by atoms with van der Waals surface area (Å²) < 4.78 is 32.6. The van der Waals surface area contributed by atoms with Gasteiger partial charge in [0.25, 0.3) is 0 Å². The number of imide groups is 2.